The summed E-state index contributed by atoms with van der Waals surface area (Å²) < 4.78 is 104. The predicted octanol–water partition coefficient (Wildman–Crippen LogP) is 5.78. The van der Waals surface area contributed by atoms with Gasteiger partial charge in [0.25, 0.3) is 0 Å². The summed E-state index contributed by atoms with van der Waals surface area (Å²) in [6.07, 6.45) is -4.24. The summed E-state index contributed by atoms with van der Waals surface area (Å²) in [7, 11) is -7.33. The maximum absolute atomic E-state index is 13.5. The van der Waals surface area contributed by atoms with Gasteiger partial charge in [-0.05, 0) is 68.3 Å². The molecule has 12 heteroatoms. The lowest BCUT2D eigenvalue weighted by Gasteiger charge is -2.28. The van der Waals surface area contributed by atoms with Gasteiger partial charge in [0.2, 0.25) is 10.0 Å². The highest BCUT2D eigenvalue weighted by Gasteiger charge is 2.33. The molecule has 0 saturated heterocycles. The first-order chi connectivity index (χ1) is 17.7. The predicted molar refractivity (Wildman–Crippen MR) is 136 cm³/mol. The molecule has 0 aliphatic carbocycles. The van der Waals surface area contributed by atoms with Crippen molar-refractivity contribution in [1.82, 2.24) is 4.31 Å². The molecule has 0 aliphatic heterocycles. The SMILES string of the molecule is CCC(C)N(Cc1ccc(OC)c(OS(=O)(=O)c2cccc(C(F)(F)F)c2)c1)S(=O)(=O)c1ccc(C)cc1. The molecule has 3 aromatic rings. The van der Waals surface area contributed by atoms with Crippen molar-refractivity contribution in [1.29, 1.82) is 0 Å². The van der Waals surface area contributed by atoms with Gasteiger partial charge >= 0.3 is 16.3 Å². The summed E-state index contributed by atoms with van der Waals surface area (Å²) in [5, 5.41) is 0. The van der Waals surface area contributed by atoms with Crippen molar-refractivity contribution in [2.45, 2.75) is 55.7 Å². The molecule has 0 saturated carbocycles. The topological polar surface area (TPSA) is 90.0 Å². The number of methoxy groups -OCH3 is 1. The Labute approximate surface area is 221 Å². The molecule has 206 valence electrons. The second-order valence-corrected chi connectivity index (χ2v) is 12.1. The number of rotatable bonds is 10. The standard InChI is InChI=1S/C26H28F3NO6S2/c1-5-19(3)30(37(31,32)22-12-9-18(2)10-13-22)17-20-11-14-24(35-4)25(15-20)36-38(33,34)23-8-6-7-21(16-23)26(27,28)29/h6-16,19H,5,17H2,1-4H3. The van der Waals surface area contributed by atoms with Crippen molar-refractivity contribution in [3.05, 3.63) is 83.4 Å². The Balaban J connectivity index is 1.98. The molecule has 3 aromatic carbocycles. The van der Waals surface area contributed by atoms with Gasteiger partial charge in [0, 0.05) is 12.6 Å². The van der Waals surface area contributed by atoms with Crippen molar-refractivity contribution in [2.24, 2.45) is 0 Å². The molecule has 0 heterocycles. The van der Waals surface area contributed by atoms with Crippen LogP contribution in [0.2, 0.25) is 0 Å². The van der Waals surface area contributed by atoms with Gasteiger partial charge in [-0.15, -0.1) is 0 Å². The summed E-state index contributed by atoms with van der Waals surface area (Å²) in [6.45, 7) is 5.32. The molecule has 7 nitrogen and oxygen atoms in total. The lowest BCUT2D eigenvalue weighted by molar-refractivity contribution is -0.137. The normalized spacial score (nSPS) is 13.4. The second kappa shape index (κ2) is 11.3. The number of ether oxygens (including phenoxy) is 1. The average molecular weight is 572 g/mol. The molecule has 0 bridgehead atoms. The van der Waals surface area contributed by atoms with E-state index in [0.29, 0.717) is 18.1 Å². The molecule has 1 atom stereocenters. The lowest BCUT2D eigenvalue weighted by Crippen LogP contribution is -2.37. The number of halogens is 3. The Morgan fingerprint density at radius 2 is 1.55 bits per heavy atom. The van der Waals surface area contributed by atoms with Crippen LogP contribution >= 0.6 is 0 Å². The minimum atomic E-state index is -4.74. The molecular formula is C26H28F3NO6S2. The van der Waals surface area contributed by atoms with Crippen LogP contribution in [-0.2, 0) is 32.9 Å². The van der Waals surface area contributed by atoms with E-state index in [4.69, 9.17) is 8.92 Å². The van der Waals surface area contributed by atoms with Crippen LogP contribution in [0.15, 0.2) is 76.5 Å². The van der Waals surface area contributed by atoms with Gasteiger partial charge in [0.05, 0.1) is 17.6 Å². The number of hydrogen-bond donors (Lipinski definition) is 0. The smallest absolute Gasteiger partial charge is 0.416 e. The Morgan fingerprint density at radius 3 is 2.13 bits per heavy atom. The van der Waals surface area contributed by atoms with E-state index in [1.54, 1.807) is 25.1 Å². The minimum Gasteiger partial charge on any atom is -0.493 e. The Hall–Kier alpha value is -3.09. The van der Waals surface area contributed by atoms with Crippen LogP contribution in [0.3, 0.4) is 0 Å². The third kappa shape index (κ3) is 6.66. The van der Waals surface area contributed by atoms with Gasteiger partial charge in [-0.3, -0.25) is 0 Å². The second-order valence-electron chi connectivity index (χ2n) is 8.67. The number of hydrogen-bond acceptors (Lipinski definition) is 6. The summed E-state index contributed by atoms with van der Waals surface area (Å²) in [4.78, 5) is -0.580. The van der Waals surface area contributed by atoms with E-state index >= 15 is 0 Å². The molecule has 0 spiro atoms. The fourth-order valence-corrected chi connectivity index (χ4v) is 6.26. The third-order valence-electron chi connectivity index (χ3n) is 5.93. The summed E-state index contributed by atoms with van der Waals surface area (Å²) in [5.41, 5.74) is 0.141. The molecule has 0 amide bonds. The van der Waals surface area contributed by atoms with Crippen LogP contribution in [-0.4, -0.2) is 34.3 Å². The number of alkyl halides is 3. The van der Waals surface area contributed by atoms with Crippen LogP contribution in [0.25, 0.3) is 0 Å². The summed E-state index contributed by atoms with van der Waals surface area (Å²) in [5.74, 6) is -0.292. The zero-order valence-electron chi connectivity index (χ0n) is 21.2. The average Bonchev–Trinajstić information content (AvgIpc) is 2.86. The molecule has 0 radical (unpaired) electrons. The first-order valence-electron chi connectivity index (χ1n) is 11.6. The van der Waals surface area contributed by atoms with Crippen molar-refractivity contribution >= 4 is 20.1 Å². The first-order valence-corrected chi connectivity index (χ1v) is 14.4. The Bertz CT molecular complexity index is 1490. The van der Waals surface area contributed by atoms with E-state index < -0.39 is 42.8 Å². The molecule has 0 N–H and O–H groups in total. The number of aryl methyl sites for hydroxylation is 1. The fourth-order valence-electron chi connectivity index (χ4n) is 3.59. The van der Waals surface area contributed by atoms with Crippen molar-refractivity contribution in [3.8, 4) is 11.5 Å². The van der Waals surface area contributed by atoms with E-state index in [2.05, 4.69) is 0 Å². The van der Waals surface area contributed by atoms with E-state index in [9.17, 15) is 30.0 Å². The third-order valence-corrected chi connectivity index (χ3v) is 9.13. The quantitative estimate of drug-likeness (QED) is 0.287. The highest BCUT2D eigenvalue weighted by molar-refractivity contribution is 7.89. The van der Waals surface area contributed by atoms with E-state index in [0.717, 1.165) is 23.8 Å². The van der Waals surface area contributed by atoms with Crippen molar-refractivity contribution in [2.75, 3.05) is 7.11 Å². The molecule has 1 unspecified atom stereocenters. The number of sulfonamides is 1. The van der Waals surface area contributed by atoms with Gasteiger partial charge in [-0.2, -0.15) is 25.9 Å². The number of nitrogens with zero attached hydrogens (tertiary/aromatic N) is 1. The van der Waals surface area contributed by atoms with E-state index in [1.807, 2.05) is 13.8 Å². The van der Waals surface area contributed by atoms with E-state index in [1.165, 1.54) is 35.7 Å². The minimum absolute atomic E-state index is 0.000725. The molecule has 0 fully saturated rings. The maximum Gasteiger partial charge on any atom is 0.416 e. The maximum atomic E-state index is 13.5. The van der Waals surface area contributed by atoms with Gasteiger partial charge in [0.15, 0.2) is 11.5 Å². The van der Waals surface area contributed by atoms with Crippen LogP contribution < -0.4 is 8.92 Å². The summed E-state index contributed by atoms with van der Waals surface area (Å²) in [6, 6.07) is 13.5. The van der Waals surface area contributed by atoms with Crippen LogP contribution in [0, 0.1) is 6.92 Å². The van der Waals surface area contributed by atoms with Crippen LogP contribution in [0.5, 0.6) is 11.5 Å². The van der Waals surface area contributed by atoms with Gasteiger partial charge in [-0.1, -0.05) is 36.8 Å². The highest BCUT2D eigenvalue weighted by atomic mass is 32.2. The Kier molecular flexibility index (Phi) is 8.79. The molecule has 38 heavy (non-hydrogen) atoms. The zero-order valence-corrected chi connectivity index (χ0v) is 22.8. The first kappa shape index (κ1) is 29.5. The number of benzene rings is 3. The summed E-state index contributed by atoms with van der Waals surface area (Å²) >= 11 is 0. The van der Waals surface area contributed by atoms with Gasteiger partial charge < -0.3 is 8.92 Å². The molecule has 0 aliphatic rings. The monoisotopic (exact) mass is 571 g/mol. The van der Waals surface area contributed by atoms with Crippen molar-refractivity contribution < 1.29 is 38.9 Å². The molecule has 3 rings (SSSR count). The largest absolute Gasteiger partial charge is 0.493 e. The fraction of sp³-hybridized carbons (Fsp3) is 0.308. The van der Waals surface area contributed by atoms with Gasteiger partial charge in [0.1, 0.15) is 4.90 Å². The zero-order chi connectivity index (χ0) is 28.3. The Morgan fingerprint density at radius 1 is 0.895 bits per heavy atom. The van der Waals surface area contributed by atoms with Gasteiger partial charge in [-0.25, -0.2) is 8.42 Å². The molecular weight excluding hydrogens is 543 g/mol. The lowest BCUT2D eigenvalue weighted by atomic mass is 10.2. The van der Waals surface area contributed by atoms with Crippen molar-refractivity contribution in [3.63, 3.8) is 0 Å². The van der Waals surface area contributed by atoms with Crippen LogP contribution in [0.4, 0.5) is 13.2 Å². The molecule has 0 aromatic heterocycles. The van der Waals surface area contributed by atoms with Crippen LogP contribution in [0.1, 0.15) is 37.0 Å². The highest BCUT2D eigenvalue weighted by Crippen LogP contribution is 2.34. The van der Waals surface area contributed by atoms with E-state index in [-0.39, 0.29) is 22.9 Å².